The van der Waals surface area contributed by atoms with E-state index in [9.17, 15) is 39.0 Å². The first-order valence-corrected chi connectivity index (χ1v) is 34.6. The van der Waals surface area contributed by atoms with Crippen LogP contribution in [0.5, 0.6) is 0 Å². The van der Waals surface area contributed by atoms with Crippen LogP contribution in [0.3, 0.4) is 0 Å². The van der Waals surface area contributed by atoms with Crippen LogP contribution in [0.4, 0.5) is 0 Å². The number of hydrogen-bond donors (Lipinski definition) is 6. The molecule has 3 aliphatic rings. The van der Waals surface area contributed by atoms with Gasteiger partial charge in [0.05, 0.1) is 35.8 Å². The van der Waals surface area contributed by atoms with Gasteiger partial charge in [0.1, 0.15) is 9.75 Å². The molecule has 0 spiro atoms. The molecule has 12 rings (SSSR count). The molecule has 0 radical (unpaired) electrons. The van der Waals surface area contributed by atoms with Crippen molar-refractivity contribution in [1.82, 2.24) is 81.5 Å². The van der Waals surface area contributed by atoms with Crippen LogP contribution in [0, 0.1) is 11.8 Å². The Morgan fingerprint density at radius 3 is 0.817 bits per heavy atom. The lowest BCUT2D eigenvalue weighted by atomic mass is 9.69. The molecule has 0 aliphatic heterocycles. The van der Waals surface area contributed by atoms with Crippen molar-refractivity contribution in [3.05, 3.63) is 146 Å². The summed E-state index contributed by atoms with van der Waals surface area (Å²) in [5.41, 5.74) is 9.83. The number of carbonyl (C=O) groups is 6. The van der Waals surface area contributed by atoms with Crippen LogP contribution in [0.25, 0.3) is 0 Å². The number of aryl methyl sites for hydroxylation is 6. The molecule has 93 heavy (non-hydrogen) atoms. The van der Waals surface area contributed by atoms with E-state index in [0.717, 1.165) is 85.0 Å². The second-order valence-corrected chi connectivity index (χ2v) is 31.7. The Morgan fingerprint density at radius 2 is 0.634 bits per heavy atom. The molecule has 3 aliphatic carbocycles. The standard InChI is InChI=1S/C22H28N6O2S2.C21H27N7O2S2.C18H18N4O4S2.CH4/c1-12(2)11-22(21-23-25-26-24-21)13-9-17(19(29)27(3)4)31-15(13)7-8-16-14(22)10-18(32-16)20(30)28(5)6;1-11(22)10-21(20-23-25-26-24-20)12-8-16(18(29)27(2)3)31-14(12)6-7-15-13(21)9-17(32-15)19(30)28(4)5;1-8(2)7-18(17-19-21-22-20-17)9-5-13(15(23)24)27-11(9)3-4-12-10(18)6-14(28-12)16(25)26;/h9-10,12H,7-8,11H2,1-6H3,(H,23,24,25,26);8-9,11H,6-7,10,22H2,1-5H3,(H,23,24,25,26);5-6,8H,3-4,7H2,1-2H3,(H,23,24)(H,25,26)(H,19,20,21,22);1H4/t;11-;;/m.0../s1. The quantitative estimate of drug-likeness (QED) is 0.0557. The molecule has 0 bridgehead atoms. The Labute approximate surface area is 562 Å². The van der Waals surface area contributed by atoms with E-state index in [4.69, 9.17) is 5.73 Å². The topological polar surface area (TPSA) is 345 Å². The van der Waals surface area contributed by atoms with E-state index in [1.807, 2.05) is 31.2 Å². The van der Waals surface area contributed by atoms with Crippen LogP contribution in [0.2, 0.25) is 0 Å². The van der Waals surface area contributed by atoms with E-state index in [-0.39, 0.29) is 52.8 Å². The molecule has 0 unspecified atom stereocenters. The van der Waals surface area contributed by atoms with E-state index in [2.05, 4.69) is 89.6 Å². The number of rotatable bonds is 15. The fourth-order valence-corrected chi connectivity index (χ4v) is 20.1. The summed E-state index contributed by atoms with van der Waals surface area (Å²) in [5, 5.41) is 64.6. The van der Waals surface area contributed by atoms with Gasteiger partial charge in [0, 0.05) is 91.7 Å². The highest BCUT2D eigenvalue weighted by Crippen LogP contribution is 2.55. The molecule has 0 fully saturated rings. The third-order valence-electron chi connectivity index (χ3n) is 16.5. The van der Waals surface area contributed by atoms with E-state index in [1.54, 1.807) is 111 Å². The second-order valence-electron chi connectivity index (χ2n) is 24.9. The van der Waals surface area contributed by atoms with Crippen molar-refractivity contribution in [3.8, 4) is 0 Å². The first kappa shape index (κ1) is 69.5. The Balaban J connectivity index is 0.000000164. The molecule has 1 atom stereocenters. The van der Waals surface area contributed by atoms with Gasteiger partial charge in [-0.25, -0.2) is 9.59 Å². The fourth-order valence-electron chi connectivity index (χ4n) is 12.9. The maximum Gasteiger partial charge on any atom is 0.345 e. The van der Waals surface area contributed by atoms with Gasteiger partial charge in [0.25, 0.3) is 23.6 Å². The lowest BCUT2D eigenvalue weighted by molar-refractivity contribution is 0.0691. The SMILES string of the molecule is C.CC(C)CC1(c2nn[nH]n2)c2cc(C(=O)N(C)C)sc2CCc2sc(C(=O)N(C)C)cc21.CC(C)CC1(c2nn[nH]n2)c2cc(C(=O)O)sc2CCc2sc(C(=O)O)cc21.C[C@H](N)CC1(c2nn[nH]n2)c2cc(C(=O)N(C)C)sc2CCc2sc(C(=O)N(C)C)cc21. The first-order chi connectivity index (χ1) is 43.6. The van der Waals surface area contributed by atoms with Crippen molar-refractivity contribution in [2.24, 2.45) is 17.6 Å². The summed E-state index contributed by atoms with van der Waals surface area (Å²) < 4.78 is 0. The van der Waals surface area contributed by atoms with E-state index < -0.39 is 28.2 Å². The van der Waals surface area contributed by atoms with Gasteiger partial charge in [-0.2, -0.15) is 15.6 Å². The number of thiophene rings is 6. The Hall–Kier alpha value is -7.81. The average molecular weight is 1380 g/mol. The molecule has 31 heteroatoms. The van der Waals surface area contributed by atoms with Crippen molar-refractivity contribution in [3.63, 3.8) is 0 Å². The van der Waals surface area contributed by atoms with Crippen LogP contribution < -0.4 is 5.73 Å². The van der Waals surface area contributed by atoms with Gasteiger partial charge in [-0.15, -0.1) is 98.6 Å². The number of nitrogens with one attached hydrogen (secondary N) is 3. The summed E-state index contributed by atoms with van der Waals surface area (Å²) in [6.45, 7) is 10.4. The summed E-state index contributed by atoms with van der Waals surface area (Å²) in [6, 6.07) is 11.2. The number of carboxylic acid groups (broad SMARTS) is 2. The van der Waals surface area contributed by atoms with E-state index >= 15 is 0 Å². The number of aromatic amines is 3. The summed E-state index contributed by atoms with van der Waals surface area (Å²) in [4.78, 5) is 90.7. The number of aromatic carboxylic acids is 2. The largest absolute Gasteiger partial charge is 0.477 e. The summed E-state index contributed by atoms with van der Waals surface area (Å²) in [5.74, 6) is 0.0122. The van der Waals surface area contributed by atoms with Crippen LogP contribution in [0.15, 0.2) is 36.4 Å². The minimum atomic E-state index is -0.971. The Morgan fingerprint density at radius 1 is 0.419 bits per heavy atom. The molecule has 4 amide bonds. The molecule has 0 saturated carbocycles. The number of carboxylic acids is 2. The molecule has 7 N–H and O–H groups in total. The maximum atomic E-state index is 12.8. The second kappa shape index (κ2) is 27.6. The van der Waals surface area contributed by atoms with Crippen molar-refractivity contribution >= 4 is 104 Å². The molecule has 9 aromatic heterocycles. The monoisotopic (exact) mass is 1380 g/mol. The molecule has 25 nitrogen and oxygen atoms in total. The maximum absolute atomic E-state index is 12.8. The van der Waals surface area contributed by atoms with Crippen LogP contribution in [-0.4, -0.2) is 190 Å². The fraction of sp³-hybridized carbons (Fsp3) is 0.468. The zero-order valence-corrected chi connectivity index (χ0v) is 58.1. The number of nitrogens with two attached hydrogens (primary N) is 1. The first-order valence-electron chi connectivity index (χ1n) is 29.7. The number of H-pyrrole nitrogens is 3. The lowest BCUT2D eigenvalue weighted by Crippen LogP contribution is -2.37. The number of tetrazole rings is 3. The third-order valence-corrected chi connectivity index (χ3v) is 23.6. The number of aromatic nitrogens is 12. The van der Waals surface area contributed by atoms with Gasteiger partial charge in [-0.05, 0) is 146 Å². The Kier molecular flexibility index (Phi) is 20.7. The number of hydrogen-bond acceptors (Lipinski definition) is 22. The molecular weight excluding hydrogens is 1300 g/mol. The lowest BCUT2D eigenvalue weighted by Gasteiger charge is -2.33. The molecular formula is C62H77N17O8S6. The molecule has 0 saturated heterocycles. The summed E-state index contributed by atoms with van der Waals surface area (Å²) in [7, 11) is 14.1. The number of carbonyl (C=O) groups excluding carboxylic acids is 4. The van der Waals surface area contributed by atoms with Gasteiger partial charge >= 0.3 is 11.9 Å². The van der Waals surface area contributed by atoms with Gasteiger partial charge in [-0.1, -0.05) is 50.8 Å². The molecule has 494 valence electrons. The van der Waals surface area contributed by atoms with Crippen molar-refractivity contribution in [2.45, 2.75) is 122 Å². The number of fused-ring (bicyclic) bond motifs is 6. The van der Waals surface area contributed by atoms with Gasteiger partial charge in [0.2, 0.25) is 0 Å². The summed E-state index contributed by atoms with van der Waals surface area (Å²) >= 11 is 8.67. The minimum absolute atomic E-state index is 0. The zero-order chi connectivity index (χ0) is 66.5. The Bertz CT molecular complexity index is 3810. The van der Waals surface area contributed by atoms with Crippen molar-refractivity contribution < 1.29 is 39.0 Å². The smallest absolute Gasteiger partial charge is 0.345 e. The number of nitrogens with zero attached hydrogens (tertiary/aromatic N) is 13. The van der Waals surface area contributed by atoms with Crippen LogP contribution >= 0.6 is 68.0 Å². The van der Waals surface area contributed by atoms with Gasteiger partial charge in [-0.3, -0.25) is 19.2 Å². The van der Waals surface area contributed by atoms with E-state index in [1.165, 1.54) is 55.1 Å². The normalized spacial score (nSPS) is 14.9. The highest BCUT2D eigenvalue weighted by molar-refractivity contribution is 7.16. The molecule has 9 aromatic rings. The highest BCUT2D eigenvalue weighted by Gasteiger charge is 2.51. The van der Waals surface area contributed by atoms with Gasteiger partial charge < -0.3 is 35.5 Å². The zero-order valence-electron chi connectivity index (χ0n) is 53.2. The van der Waals surface area contributed by atoms with Crippen molar-refractivity contribution in [1.29, 1.82) is 0 Å². The highest BCUT2D eigenvalue weighted by atomic mass is 32.1. The molecule has 0 aromatic carbocycles. The predicted octanol–water partition coefficient (Wildman–Crippen LogP) is 8.94. The van der Waals surface area contributed by atoms with Crippen LogP contribution in [-0.2, 0) is 54.8 Å². The third kappa shape index (κ3) is 13.0. The predicted molar refractivity (Wildman–Crippen MR) is 360 cm³/mol. The minimum Gasteiger partial charge on any atom is -0.477 e. The molecule has 9 heterocycles. The number of amides is 4. The summed E-state index contributed by atoms with van der Waals surface area (Å²) in [6.07, 6.45) is 6.32. The average Bonchev–Trinajstić information content (AvgIpc) is 1.60. The van der Waals surface area contributed by atoms with Crippen LogP contribution in [0.1, 0.15) is 199 Å². The van der Waals surface area contributed by atoms with E-state index in [0.29, 0.717) is 68.6 Å². The van der Waals surface area contributed by atoms with Gasteiger partial charge in [0.15, 0.2) is 17.5 Å². The van der Waals surface area contributed by atoms with Crippen molar-refractivity contribution in [2.75, 3.05) is 56.4 Å².